The Morgan fingerprint density at radius 1 is 1.45 bits per heavy atom. The van der Waals surface area contributed by atoms with E-state index in [1.165, 1.54) is 7.11 Å². The van der Waals surface area contributed by atoms with E-state index in [4.69, 9.17) is 27.9 Å². The molecular formula is C14H14Cl2N2O2. The van der Waals surface area contributed by atoms with E-state index in [2.05, 4.69) is 4.98 Å². The number of esters is 1. The van der Waals surface area contributed by atoms with Crippen LogP contribution in [0.3, 0.4) is 0 Å². The number of carbonyl (C=O) groups excluding carboxylic acids is 1. The number of hydrogen-bond donors (Lipinski definition) is 0. The predicted molar refractivity (Wildman–Crippen MR) is 78.2 cm³/mol. The predicted octanol–water partition coefficient (Wildman–Crippen LogP) is 3.51. The van der Waals surface area contributed by atoms with E-state index in [9.17, 15) is 4.79 Å². The highest BCUT2D eigenvalue weighted by Gasteiger charge is 2.19. The number of rotatable bonds is 4. The van der Waals surface area contributed by atoms with Gasteiger partial charge in [0.2, 0.25) is 0 Å². The van der Waals surface area contributed by atoms with Crippen molar-refractivity contribution in [2.24, 2.45) is 0 Å². The second-order valence-electron chi connectivity index (χ2n) is 4.34. The average molecular weight is 313 g/mol. The fourth-order valence-corrected chi connectivity index (χ4v) is 2.36. The van der Waals surface area contributed by atoms with Crippen LogP contribution in [0.1, 0.15) is 24.4 Å². The Balaban J connectivity index is 2.29. The molecule has 1 atom stereocenters. The van der Waals surface area contributed by atoms with Crippen LogP contribution in [0.2, 0.25) is 10.0 Å². The van der Waals surface area contributed by atoms with Crippen LogP contribution in [0.15, 0.2) is 30.6 Å². The summed E-state index contributed by atoms with van der Waals surface area (Å²) in [5.74, 6) is 0.411. The van der Waals surface area contributed by atoms with Gasteiger partial charge in [-0.05, 0) is 18.6 Å². The van der Waals surface area contributed by atoms with E-state index in [1.807, 2.05) is 12.1 Å². The maximum Gasteiger partial charge on any atom is 0.328 e. The average Bonchev–Trinajstić information content (AvgIpc) is 2.90. The zero-order valence-electron chi connectivity index (χ0n) is 11.1. The van der Waals surface area contributed by atoms with E-state index in [0.717, 1.165) is 11.4 Å². The van der Waals surface area contributed by atoms with Gasteiger partial charge in [0.15, 0.2) is 0 Å². The van der Waals surface area contributed by atoms with Gasteiger partial charge in [-0.3, -0.25) is 0 Å². The van der Waals surface area contributed by atoms with E-state index >= 15 is 0 Å². The lowest BCUT2D eigenvalue weighted by atomic mass is 10.1. The van der Waals surface area contributed by atoms with E-state index in [1.54, 1.807) is 30.0 Å². The van der Waals surface area contributed by atoms with Gasteiger partial charge >= 0.3 is 5.97 Å². The molecule has 106 valence electrons. The largest absolute Gasteiger partial charge is 0.467 e. The Morgan fingerprint density at radius 3 is 2.90 bits per heavy atom. The highest BCUT2D eigenvalue weighted by atomic mass is 35.5. The van der Waals surface area contributed by atoms with Crippen LogP contribution in [0, 0.1) is 0 Å². The summed E-state index contributed by atoms with van der Waals surface area (Å²) in [5.41, 5.74) is 0.865. The molecule has 0 fully saturated rings. The van der Waals surface area contributed by atoms with Crippen molar-refractivity contribution in [1.82, 2.24) is 9.55 Å². The molecule has 1 aromatic carbocycles. The molecule has 4 nitrogen and oxygen atoms in total. The van der Waals surface area contributed by atoms with Gasteiger partial charge in [0, 0.05) is 18.8 Å². The summed E-state index contributed by atoms with van der Waals surface area (Å²) in [6, 6.07) is 5.02. The van der Waals surface area contributed by atoms with Crippen molar-refractivity contribution in [2.75, 3.05) is 7.11 Å². The molecule has 0 N–H and O–H groups in total. The number of carbonyl (C=O) groups is 1. The summed E-state index contributed by atoms with van der Waals surface area (Å²) < 4.78 is 6.52. The maximum absolute atomic E-state index is 11.6. The number of nitrogens with zero attached hydrogens (tertiary/aromatic N) is 2. The minimum atomic E-state index is -0.435. The third kappa shape index (κ3) is 2.97. The molecule has 0 radical (unpaired) electrons. The molecule has 20 heavy (non-hydrogen) atoms. The lowest BCUT2D eigenvalue weighted by Gasteiger charge is -2.14. The molecule has 1 unspecified atom stereocenters. The molecule has 1 heterocycles. The smallest absolute Gasteiger partial charge is 0.328 e. The summed E-state index contributed by atoms with van der Waals surface area (Å²) in [4.78, 5) is 15.9. The van der Waals surface area contributed by atoms with Crippen LogP contribution in [0.25, 0.3) is 0 Å². The highest BCUT2D eigenvalue weighted by molar-refractivity contribution is 6.42. The molecule has 0 aliphatic carbocycles. The van der Waals surface area contributed by atoms with Gasteiger partial charge in [0.25, 0.3) is 0 Å². The fourth-order valence-electron chi connectivity index (χ4n) is 1.97. The molecule has 0 aliphatic heterocycles. The number of halogens is 2. The Labute approximate surface area is 127 Å². The number of benzene rings is 1. The van der Waals surface area contributed by atoms with Crippen molar-refractivity contribution in [1.29, 1.82) is 0 Å². The fraction of sp³-hybridized carbons (Fsp3) is 0.286. The lowest BCUT2D eigenvalue weighted by molar-refractivity contribution is -0.144. The number of ether oxygens (including phenoxy) is 1. The number of imidazole rings is 1. The van der Waals surface area contributed by atoms with Gasteiger partial charge in [0.05, 0.1) is 17.2 Å². The molecule has 0 saturated heterocycles. The Morgan fingerprint density at radius 2 is 2.20 bits per heavy atom. The summed E-state index contributed by atoms with van der Waals surface area (Å²) in [5, 5.41) is 1.01. The van der Waals surface area contributed by atoms with Gasteiger partial charge in [0.1, 0.15) is 11.9 Å². The zero-order chi connectivity index (χ0) is 14.7. The van der Waals surface area contributed by atoms with E-state index in [-0.39, 0.29) is 5.97 Å². The minimum Gasteiger partial charge on any atom is -0.467 e. The van der Waals surface area contributed by atoms with Crippen LogP contribution in [0.5, 0.6) is 0 Å². The Bertz CT molecular complexity index is 625. The highest BCUT2D eigenvalue weighted by Crippen LogP contribution is 2.27. The Kier molecular flexibility index (Phi) is 4.68. The van der Waals surface area contributed by atoms with Gasteiger partial charge in [-0.15, -0.1) is 0 Å². The van der Waals surface area contributed by atoms with Crippen molar-refractivity contribution >= 4 is 29.2 Å². The molecule has 1 aromatic heterocycles. The number of hydrogen-bond acceptors (Lipinski definition) is 3. The first kappa shape index (κ1) is 14.9. The summed E-state index contributed by atoms with van der Waals surface area (Å²) in [7, 11) is 1.36. The maximum atomic E-state index is 11.6. The molecule has 0 spiro atoms. The molecule has 0 bridgehead atoms. The molecule has 2 rings (SSSR count). The molecule has 0 amide bonds. The third-order valence-electron chi connectivity index (χ3n) is 3.09. The van der Waals surface area contributed by atoms with Crippen LogP contribution < -0.4 is 0 Å². The van der Waals surface area contributed by atoms with Gasteiger partial charge < -0.3 is 9.30 Å². The second kappa shape index (κ2) is 6.29. The van der Waals surface area contributed by atoms with E-state index in [0.29, 0.717) is 16.5 Å². The first-order valence-corrected chi connectivity index (χ1v) is 6.82. The van der Waals surface area contributed by atoms with Gasteiger partial charge in [-0.1, -0.05) is 35.3 Å². The number of methoxy groups -OCH3 is 1. The lowest BCUT2D eigenvalue weighted by Crippen LogP contribution is -2.19. The van der Waals surface area contributed by atoms with Crippen LogP contribution in [-0.4, -0.2) is 22.6 Å². The molecular weight excluding hydrogens is 299 g/mol. The van der Waals surface area contributed by atoms with Crippen LogP contribution in [-0.2, 0) is 16.0 Å². The SMILES string of the molecule is COC(=O)C(C)n1ccnc1Cc1cccc(Cl)c1Cl. The van der Waals surface area contributed by atoms with Gasteiger partial charge in [-0.25, -0.2) is 9.78 Å². The topological polar surface area (TPSA) is 44.1 Å². The molecule has 0 aliphatic rings. The minimum absolute atomic E-state index is 0.318. The standard InChI is InChI=1S/C14H14Cl2N2O2/c1-9(14(19)20-2)18-7-6-17-12(18)8-10-4-3-5-11(15)13(10)16/h3-7,9H,8H2,1-2H3. The van der Waals surface area contributed by atoms with Gasteiger partial charge in [-0.2, -0.15) is 0 Å². The van der Waals surface area contributed by atoms with Crippen molar-refractivity contribution in [3.63, 3.8) is 0 Å². The van der Waals surface area contributed by atoms with Crippen LogP contribution >= 0.6 is 23.2 Å². The van der Waals surface area contributed by atoms with Crippen molar-refractivity contribution in [2.45, 2.75) is 19.4 Å². The first-order valence-electron chi connectivity index (χ1n) is 6.07. The second-order valence-corrected chi connectivity index (χ2v) is 5.12. The quantitative estimate of drug-likeness (QED) is 0.811. The Hall–Kier alpha value is -1.52. The van der Waals surface area contributed by atoms with Crippen molar-refractivity contribution < 1.29 is 9.53 Å². The van der Waals surface area contributed by atoms with Crippen LogP contribution in [0.4, 0.5) is 0 Å². The normalized spacial score (nSPS) is 12.2. The molecule has 6 heteroatoms. The first-order chi connectivity index (χ1) is 9.54. The van der Waals surface area contributed by atoms with E-state index < -0.39 is 6.04 Å². The number of aromatic nitrogens is 2. The molecule has 0 saturated carbocycles. The zero-order valence-corrected chi connectivity index (χ0v) is 12.6. The third-order valence-corrected chi connectivity index (χ3v) is 3.95. The molecule has 2 aromatic rings. The van der Waals surface area contributed by atoms with Crippen molar-refractivity contribution in [3.05, 3.63) is 52.0 Å². The van der Waals surface area contributed by atoms with Crippen molar-refractivity contribution in [3.8, 4) is 0 Å². The summed E-state index contributed by atoms with van der Waals surface area (Å²) in [6.07, 6.45) is 3.89. The summed E-state index contributed by atoms with van der Waals surface area (Å²) in [6.45, 7) is 1.76. The monoisotopic (exact) mass is 312 g/mol. The summed E-state index contributed by atoms with van der Waals surface area (Å²) >= 11 is 12.2.